The van der Waals surface area contributed by atoms with E-state index in [0.29, 0.717) is 24.2 Å². The summed E-state index contributed by atoms with van der Waals surface area (Å²) >= 11 is 0. The Morgan fingerprint density at radius 2 is 2.12 bits per heavy atom. The maximum atomic E-state index is 5.86. The Labute approximate surface area is 103 Å². The molecule has 2 aliphatic rings. The van der Waals surface area contributed by atoms with E-state index in [1.165, 1.54) is 24.8 Å². The highest BCUT2D eigenvalue weighted by molar-refractivity contribution is 5.19. The molecule has 2 nitrogen and oxygen atoms in total. The van der Waals surface area contributed by atoms with Gasteiger partial charge < -0.3 is 10.1 Å². The first-order valence-corrected chi connectivity index (χ1v) is 6.76. The smallest absolute Gasteiger partial charge is 0.0733 e. The third-order valence-electron chi connectivity index (χ3n) is 4.16. The molecule has 1 aromatic carbocycles. The molecule has 0 saturated carbocycles. The molecule has 0 aliphatic carbocycles. The van der Waals surface area contributed by atoms with Crippen LogP contribution in [0.5, 0.6) is 0 Å². The molecule has 0 radical (unpaired) electrons. The summed E-state index contributed by atoms with van der Waals surface area (Å²) < 4.78 is 5.86. The van der Waals surface area contributed by atoms with Crippen molar-refractivity contribution in [2.24, 2.45) is 0 Å². The van der Waals surface area contributed by atoms with E-state index in [0.717, 1.165) is 6.54 Å². The standard InChI is InChI=1S/C15H21NO/c1-11(12-5-3-2-4-6-12)10-16-14-9-13-7-8-15(14)17-13/h2-6,11,13-16H,7-10H2,1H3. The molecular formula is C15H21NO. The lowest BCUT2D eigenvalue weighted by molar-refractivity contribution is 0.0973. The maximum absolute atomic E-state index is 5.86. The van der Waals surface area contributed by atoms with E-state index in [4.69, 9.17) is 4.74 Å². The minimum Gasteiger partial charge on any atom is -0.373 e. The van der Waals surface area contributed by atoms with Gasteiger partial charge in [-0.05, 0) is 30.7 Å². The normalized spacial score (nSPS) is 32.9. The summed E-state index contributed by atoms with van der Waals surface area (Å²) in [6, 6.07) is 11.3. The maximum Gasteiger partial charge on any atom is 0.0733 e. The predicted molar refractivity (Wildman–Crippen MR) is 69.2 cm³/mol. The SMILES string of the molecule is CC(CNC1CC2CCC1O2)c1ccccc1. The lowest BCUT2D eigenvalue weighted by atomic mass is 9.94. The van der Waals surface area contributed by atoms with Gasteiger partial charge >= 0.3 is 0 Å². The highest BCUT2D eigenvalue weighted by atomic mass is 16.5. The molecule has 2 aliphatic heterocycles. The van der Waals surface area contributed by atoms with E-state index >= 15 is 0 Å². The molecule has 1 N–H and O–H groups in total. The van der Waals surface area contributed by atoms with Gasteiger partial charge in [0.1, 0.15) is 0 Å². The Kier molecular flexibility index (Phi) is 3.17. The van der Waals surface area contributed by atoms with Gasteiger partial charge in [0.15, 0.2) is 0 Å². The van der Waals surface area contributed by atoms with Gasteiger partial charge in [-0.1, -0.05) is 37.3 Å². The fourth-order valence-corrected chi connectivity index (χ4v) is 3.08. The van der Waals surface area contributed by atoms with Crippen molar-refractivity contribution < 1.29 is 4.74 Å². The van der Waals surface area contributed by atoms with Crippen molar-refractivity contribution in [1.82, 2.24) is 5.32 Å². The van der Waals surface area contributed by atoms with Crippen molar-refractivity contribution in [2.75, 3.05) is 6.54 Å². The largest absolute Gasteiger partial charge is 0.373 e. The fraction of sp³-hybridized carbons (Fsp3) is 0.600. The molecule has 2 heteroatoms. The summed E-state index contributed by atoms with van der Waals surface area (Å²) in [7, 11) is 0. The molecule has 0 amide bonds. The van der Waals surface area contributed by atoms with Crippen LogP contribution in [0.25, 0.3) is 0 Å². The average molecular weight is 231 g/mol. The zero-order valence-electron chi connectivity index (χ0n) is 10.4. The Morgan fingerprint density at radius 1 is 1.29 bits per heavy atom. The molecule has 92 valence electrons. The molecule has 4 atom stereocenters. The summed E-state index contributed by atoms with van der Waals surface area (Å²) in [6.07, 6.45) is 4.78. The second kappa shape index (κ2) is 4.79. The minimum absolute atomic E-state index is 0.489. The first-order valence-electron chi connectivity index (χ1n) is 6.76. The highest BCUT2D eigenvalue weighted by Crippen LogP contribution is 2.34. The molecule has 2 bridgehead atoms. The van der Waals surface area contributed by atoms with Crippen molar-refractivity contribution in [3.05, 3.63) is 35.9 Å². The van der Waals surface area contributed by atoms with Crippen LogP contribution >= 0.6 is 0 Å². The summed E-state index contributed by atoms with van der Waals surface area (Å²) in [5.74, 6) is 0.579. The van der Waals surface area contributed by atoms with Crippen LogP contribution in [0.3, 0.4) is 0 Å². The van der Waals surface area contributed by atoms with Gasteiger partial charge in [-0.25, -0.2) is 0 Å². The topological polar surface area (TPSA) is 21.3 Å². The molecular weight excluding hydrogens is 210 g/mol. The first-order chi connectivity index (χ1) is 8.33. The Morgan fingerprint density at radius 3 is 2.76 bits per heavy atom. The van der Waals surface area contributed by atoms with Crippen LogP contribution < -0.4 is 5.32 Å². The fourth-order valence-electron chi connectivity index (χ4n) is 3.08. The number of hydrogen-bond acceptors (Lipinski definition) is 2. The van der Waals surface area contributed by atoms with Crippen molar-refractivity contribution in [2.45, 2.75) is 50.4 Å². The van der Waals surface area contributed by atoms with Crippen LogP contribution in [-0.2, 0) is 4.74 Å². The second-order valence-corrected chi connectivity index (χ2v) is 5.44. The van der Waals surface area contributed by atoms with E-state index < -0.39 is 0 Å². The zero-order valence-corrected chi connectivity index (χ0v) is 10.4. The molecule has 2 fully saturated rings. The number of nitrogens with one attached hydrogen (secondary N) is 1. The quantitative estimate of drug-likeness (QED) is 0.860. The molecule has 1 aromatic rings. The summed E-state index contributed by atoms with van der Waals surface area (Å²) in [6.45, 7) is 3.34. The molecule has 2 saturated heterocycles. The van der Waals surface area contributed by atoms with Gasteiger partial charge in [-0.2, -0.15) is 0 Å². The molecule has 0 aromatic heterocycles. The van der Waals surface area contributed by atoms with E-state index in [1.54, 1.807) is 0 Å². The number of benzene rings is 1. The van der Waals surface area contributed by atoms with Crippen LogP contribution in [0.15, 0.2) is 30.3 Å². The monoisotopic (exact) mass is 231 g/mol. The van der Waals surface area contributed by atoms with Gasteiger partial charge in [0, 0.05) is 12.6 Å². The van der Waals surface area contributed by atoms with Crippen LogP contribution in [0.4, 0.5) is 0 Å². The predicted octanol–water partition coefficient (Wildman–Crippen LogP) is 2.70. The van der Waals surface area contributed by atoms with Crippen molar-refractivity contribution >= 4 is 0 Å². The third-order valence-corrected chi connectivity index (χ3v) is 4.16. The van der Waals surface area contributed by atoms with E-state index in [9.17, 15) is 0 Å². The lowest BCUT2D eigenvalue weighted by Crippen LogP contribution is -2.39. The van der Waals surface area contributed by atoms with Crippen LogP contribution in [0, 0.1) is 0 Å². The Balaban J connectivity index is 1.51. The number of hydrogen-bond donors (Lipinski definition) is 1. The van der Waals surface area contributed by atoms with Crippen molar-refractivity contribution in [3.63, 3.8) is 0 Å². The van der Waals surface area contributed by atoms with Crippen LogP contribution in [-0.4, -0.2) is 24.8 Å². The van der Waals surface area contributed by atoms with E-state index in [2.05, 4.69) is 42.6 Å². The summed E-state index contributed by atoms with van der Waals surface area (Å²) in [5.41, 5.74) is 1.42. The van der Waals surface area contributed by atoms with E-state index in [1.807, 2.05) is 0 Å². The van der Waals surface area contributed by atoms with Crippen molar-refractivity contribution in [1.29, 1.82) is 0 Å². The summed E-state index contributed by atoms with van der Waals surface area (Å²) in [4.78, 5) is 0. The third kappa shape index (κ3) is 2.38. The van der Waals surface area contributed by atoms with E-state index in [-0.39, 0.29) is 0 Å². The minimum atomic E-state index is 0.489. The molecule has 3 rings (SSSR count). The molecule has 17 heavy (non-hydrogen) atoms. The molecule has 4 unspecified atom stereocenters. The Bertz CT molecular complexity index is 364. The highest BCUT2D eigenvalue weighted by Gasteiger charge is 2.40. The average Bonchev–Trinajstić information content (AvgIpc) is 2.99. The number of rotatable bonds is 4. The second-order valence-electron chi connectivity index (χ2n) is 5.44. The molecule has 2 heterocycles. The van der Waals surface area contributed by atoms with Gasteiger partial charge in [-0.15, -0.1) is 0 Å². The lowest BCUT2D eigenvalue weighted by Gasteiger charge is -2.22. The van der Waals surface area contributed by atoms with Gasteiger partial charge in [0.2, 0.25) is 0 Å². The Hall–Kier alpha value is -0.860. The number of ether oxygens (including phenoxy) is 1. The van der Waals surface area contributed by atoms with Crippen LogP contribution in [0.2, 0.25) is 0 Å². The zero-order chi connectivity index (χ0) is 11.7. The van der Waals surface area contributed by atoms with Crippen molar-refractivity contribution in [3.8, 4) is 0 Å². The molecule has 0 spiro atoms. The first kappa shape index (κ1) is 11.2. The van der Waals surface area contributed by atoms with Gasteiger partial charge in [-0.3, -0.25) is 0 Å². The van der Waals surface area contributed by atoms with Crippen LogP contribution in [0.1, 0.15) is 37.7 Å². The van der Waals surface area contributed by atoms with Gasteiger partial charge in [0.05, 0.1) is 12.2 Å². The van der Waals surface area contributed by atoms with Gasteiger partial charge in [0.25, 0.3) is 0 Å². The summed E-state index contributed by atoms with van der Waals surface area (Å²) in [5, 5.41) is 3.69. The number of fused-ring (bicyclic) bond motifs is 2.